The van der Waals surface area contributed by atoms with Gasteiger partial charge in [0.05, 0.1) is 0 Å². The fraction of sp³-hybridized carbons (Fsp3) is 0.538. The van der Waals surface area contributed by atoms with Crippen molar-refractivity contribution in [3.63, 3.8) is 0 Å². The third-order valence-corrected chi connectivity index (χ3v) is 2.87. The van der Waals surface area contributed by atoms with Crippen LogP contribution in [0.3, 0.4) is 0 Å². The van der Waals surface area contributed by atoms with E-state index in [9.17, 15) is 9.59 Å². The zero-order chi connectivity index (χ0) is 14.5. The number of rotatable bonds is 4. The summed E-state index contributed by atoms with van der Waals surface area (Å²) in [5.41, 5.74) is -0.593. The number of ether oxygens (including phenoxy) is 2. The number of esters is 1. The van der Waals surface area contributed by atoms with Crippen LogP contribution < -0.4 is 5.32 Å². The second-order valence-corrected chi connectivity index (χ2v) is 6.09. The topological polar surface area (TPSA) is 64.6 Å². The SMILES string of the molecule is CC(NC(=O)OC(C)(C)C)C(=O)OCc1cccs1. The van der Waals surface area contributed by atoms with Crippen LogP contribution >= 0.6 is 11.3 Å². The molecule has 0 aliphatic heterocycles. The van der Waals surface area contributed by atoms with E-state index in [2.05, 4.69) is 5.32 Å². The number of thiophene rings is 1. The van der Waals surface area contributed by atoms with Crippen LogP contribution in [0.25, 0.3) is 0 Å². The molecule has 1 atom stereocenters. The third kappa shape index (κ3) is 6.24. The van der Waals surface area contributed by atoms with Crippen LogP contribution in [0.5, 0.6) is 0 Å². The zero-order valence-corrected chi connectivity index (χ0v) is 12.4. The average Bonchev–Trinajstić information content (AvgIpc) is 2.75. The fourth-order valence-electron chi connectivity index (χ4n) is 1.21. The lowest BCUT2D eigenvalue weighted by Gasteiger charge is -2.21. The summed E-state index contributed by atoms with van der Waals surface area (Å²) in [5.74, 6) is -0.487. The maximum absolute atomic E-state index is 11.7. The Morgan fingerprint density at radius 1 is 1.42 bits per heavy atom. The van der Waals surface area contributed by atoms with Crippen LogP contribution in [0.4, 0.5) is 4.79 Å². The smallest absolute Gasteiger partial charge is 0.408 e. The van der Waals surface area contributed by atoms with Crippen LogP contribution in [-0.4, -0.2) is 23.7 Å². The van der Waals surface area contributed by atoms with Crippen molar-refractivity contribution in [2.75, 3.05) is 0 Å². The summed E-state index contributed by atoms with van der Waals surface area (Å²) in [7, 11) is 0. The highest BCUT2D eigenvalue weighted by Crippen LogP contribution is 2.10. The Bertz CT molecular complexity index is 422. The minimum atomic E-state index is -0.741. The molecule has 0 radical (unpaired) electrons. The Kier molecular flexibility index (Phi) is 5.35. The fourth-order valence-corrected chi connectivity index (χ4v) is 1.82. The number of hydrogen-bond acceptors (Lipinski definition) is 5. The Labute approximate surface area is 116 Å². The number of alkyl carbamates (subject to hydrolysis) is 1. The standard InChI is InChI=1S/C13H19NO4S/c1-9(14-12(16)18-13(2,3)4)11(15)17-8-10-6-5-7-19-10/h5-7,9H,8H2,1-4H3,(H,14,16). The molecule has 1 heterocycles. The first-order valence-electron chi connectivity index (χ1n) is 5.96. The molecule has 0 bridgehead atoms. The van der Waals surface area contributed by atoms with Gasteiger partial charge in [-0.05, 0) is 39.1 Å². The Balaban J connectivity index is 2.34. The lowest BCUT2D eigenvalue weighted by Crippen LogP contribution is -2.42. The number of nitrogens with one attached hydrogen (secondary N) is 1. The molecule has 5 nitrogen and oxygen atoms in total. The predicted octanol–water partition coefficient (Wildman–Crippen LogP) is 2.70. The van der Waals surface area contributed by atoms with Crippen molar-refractivity contribution in [1.82, 2.24) is 5.32 Å². The highest BCUT2D eigenvalue weighted by Gasteiger charge is 2.21. The van der Waals surface area contributed by atoms with Gasteiger partial charge in [-0.15, -0.1) is 11.3 Å². The van der Waals surface area contributed by atoms with Crippen molar-refractivity contribution in [1.29, 1.82) is 0 Å². The summed E-state index contributed by atoms with van der Waals surface area (Å²) in [5, 5.41) is 4.34. The van der Waals surface area contributed by atoms with Gasteiger partial charge in [0.1, 0.15) is 18.2 Å². The Hall–Kier alpha value is -1.56. The van der Waals surface area contributed by atoms with E-state index in [1.807, 2.05) is 17.5 Å². The lowest BCUT2D eigenvalue weighted by atomic mass is 10.2. The molecule has 1 aromatic heterocycles. The van der Waals surface area contributed by atoms with E-state index in [4.69, 9.17) is 9.47 Å². The summed E-state index contributed by atoms with van der Waals surface area (Å²) >= 11 is 1.51. The van der Waals surface area contributed by atoms with E-state index in [0.29, 0.717) is 0 Å². The quantitative estimate of drug-likeness (QED) is 0.864. The van der Waals surface area contributed by atoms with Crippen LogP contribution in [0, 0.1) is 0 Å². The molecule has 0 aliphatic carbocycles. The number of carbonyl (C=O) groups is 2. The van der Waals surface area contributed by atoms with Crippen molar-refractivity contribution in [2.24, 2.45) is 0 Å². The number of carbonyl (C=O) groups excluding carboxylic acids is 2. The molecule has 1 amide bonds. The van der Waals surface area contributed by atoms with Crippen LogP contribution in [0.1, 0.15) is 32.6 Å². The van der Waals surface area contributed by atoms with Gasteiger partial charge < -0.3 is 14.8 Å². The molecule has 0 spiro atoms. The highest BCUT2D eigenvalue weighted by molar-refractivity contribution is 7.09. The van der Waals surface area contributed by atoms with Crippen molar-refractivity contribution >= 4 is 23.4 Å². The molecule has 19 heavy (non-hydrogen) atoms. The summed E-state index contributed by atoms with van der Waals surface area (Å²) < 4.78 is 10.1. The molecule has 106 valence electrons. The molecule has 1 unspecified atom stereocenters. The van der Waals surface area contributed by atoms with E-state index >= 15 is 0 Å². The molecule has 1 aromatic rings. The van der Waals surface area contributed by atoms with Gasteiger partial charge in [0, 0.05) is 4.88 Å². The maximum Gasteiger partial charge on any atom is 0.408 e. The molecule has 0 aliphatic rings. The predicted molar refractivity (Wildman–Crippen MR) is 72.9 cm³/mol. The second kappa shape index (κ2) is 6.56. The van der Waals surface area contributed by atoms with Gasteiger partial charge in [-0.25, -0.2) is 9.59 Å². The van der Waals surface area contributed by atoms with Crippen LogP contribution in [0.2, 0.25) is 0 Å². The molecule has 1 rings (SSSR count). The van der Waals surface area contributed by atoms with E-state index in [-0.39, 0.29) is 6.61 Å². The lowest BCUT2D eigenvalue weighted by molar-refractivity contribution is -0.146. The Morgan fingerprint density at radius 3 is 2.63 bits per heavy atom. The van der Waals surface area contributed by atoms with Gasteiger partial charge >= 0.3 is 12.1 Å². The first-order chi connectivity index (χ1) is 8.78. The largest absolute Gasteiger partial charge is 0.458 e. The normalized spacial score (nSPS) is 12.6. The molecule has 0 saturated heterocycles. The molecule has 1 N–H and O–H groups in total. The van der Waals surface area contributed by atoms with Gasteiger partial charge in [-0.2, -0.15) is 0 Å². The van der Waals surface area contributed by atoms with E-state index in [0.717, 1.165) is 4.88 Å². The maximum atomic E-state index is 11.7. The van der Waals surface area contributed by atoms with Crippen molar-refractivity contribution < 1.29 is 19.1 Å². The monoisotopic (exact) mass is 285 g/mol. The van der Waals surface area contributed by atoms with Crippen LogP contribution in [-0.2, 0) is 20.9 Å². The highest BCUT2D eigenvalue weighted by atomic mass is 32.1. The average molecular weight is 285 g/mol. The van der Waals surface area contributed by atoms with Crippen molar-refractivity contribution in [3.05, 3.63) is 22.4 Å². The van der Waals surface area contributed by atoms with Gasteiger partial charge in [0.15, 0.2) is 0 Å². The summed E-state index contributed by atoms with van der Waals surface area (Å²) in [6.07, 6.45) is -0.631. The summed E-state index contributed by atoms with van der Waals surface area (Å²) in [6.45, 7) is 7.04. The van der Waals surface area contributed by atoms with E-state index in [1.54, 1.807) is 27.7 Å². The molecular formula is C13H19NO4S. The third-order valence-electron chi connectivity index (χ3n) is 2.02. The first-order valence-corrected chi connectivity index (χ1v) is 6.84. The first kappa shape index (κ1) is 15.5. The van der Waals surface area contributed by atoms with E-state index < -0.39 is 23.7 Å². The minimum Gasteiger partial charge on any atom is -0.458 e. The second-order valence-electron chi connectivity index (χ2n) is 5.05. The molecule has 0 aromatic carbocycles. The summed E-state index contributed by atoms with van der Waals surface area (Å²) in [6, 6.07) is 3.02. The molecule has 0 saturated carbocycles. The molecule has 0 fully saturated rings. The van der Waals surface area contributed by atoms with Gasteiger partial charge in [0.25, 0.3) is 0 Å². The van der Waals surface area contributed by atoms with Gasteiger partial charge in [-0.3, -0.25) is 0 Å². The molecule has 6 heteroatoms. The number of hydrogen-bond donors (Lipinski definition) is 1. The van der Waals surface area contributed by atoms with Gasteiger partial charge in [0.2, 0.25) is 0 Å². The number of amides is 1. The van der Waals surface area contributed by atoms with Gasteiger partial charge in [-0.1, -0.05) is 6.07 Å². The summed E-state index contributed by atoms with van der Waals surface area (Å²) in [4.78, 5) is 24.1. The van der Waals surface area contributed by atoms with E-state index in [1.165, 1.54) is 11.3 Å². The van der Waals surface area contributed by atoms with Crippen LogP contribution in [0.15, 0.2) is 17.5 Å². The minimum absolute atomic E-state index is 0.219. The molecular weight excluding hydrogens is 266 g/mol. The Morgan fingerprint density at radius 2 is 2.11 bits per heavy atom. The van der Waals surface area contributed by atoms with Crippen molar-refractivity contribution in [2.45, 2.75) is 45.9 Å². The zero-order valence-electron chi connectivity index (χ0n) is 11.6. The van der Waals surface area contributed by atoms with Crippen molar-refractivity contribution in [3.8, 4) is 0 Å².